The van der Waals surface area contributed by atoms with E-state index in [2.05, 4.69) is 57.0 Å². The summed E-state index contributed by atoms with van der Waals surface area (Å²) < 4.78 is 16.1. The number of aryl methyl sites for hydroxylation is 1. The van der Waals surface area contributed by atoms with Gasteiger partial charge in [-0.3, -0.25) is 0 Å². The molecule has 0 bridgehead atoms. The van der Waals surface area contributed by atoms with Crippen LogP contribution >= 0.6 is 0 Å². The summed E-state index contributed by atoms with van der Waals surface area (Å²) in [5, 5.41) is 14.4. The SMILES string of the molecule is COc1cc(Nc2nncc(NCc3ccc(C)cc3)n2)cc(OC)c1OC. The zero-order chi connectivity index (χ0) is 19.9. The van der Waals surface area contributed by atoms with Crippen molar-refractivity contribution in [2.24, 2.45) is 0 Å². The van der Waals surface area contributed by atoms with Crippen molar-refractivity contribution in [3.63, 3.8) is 0 Å². The van der Waals surface area contributed by atoms with Gasteiger partial charge in [-0.05, 0) is 12.5 Å². The summed E-state index contributed by atoms with van der Waals surface area (Å²) in [7, 11) is 4.69. The molecule has 0 amide bonds. The van der Waals surface area contributed by atoms with E-state index in [1.54, 1.807) is 39.7 Å². The summed E-state index contributed by atoms with van der Waals surface area (Å²) in [6, 6.07) is 11.9. The van der Waals surface area contributed by atoms with Crippen molar-refractivity contribution < 1.29 is 14.2 Å². The van der Waals surface area contributed by atoms with Crippen LogP contribution in [0.5, 0.6) is 17.2 Å². The van der Waals surface area contributed by atoms with Gasteiger partial charge in [-0.25, -0.2) is 0 Å². The molecule has 0 saturated carbocycles. The Morgan fingerprint density at radius 1 is 0.929 bits per heavy atom. The highest BCUT2D eigenvalue weighted by atomic mass is 16.5. The van der Waals surface area contributed by atoms with E-state index in [1.165, 1.54) is 5.56 Å². The molecular weight excluding hydrogens is 358 g/mol. The van der Waals surface area contributed by atoms with Gasteiger partial charge in [0.2, 0.25) is 11.7 Å². The fourth-order valence-corrected chi connectivity index (χ4v) is 2.62. The molecule has 1 heterocycles. The molecule has 8 heteroatoms. The third-order valence-corrected chi connectivity index (χ3v) is 4.07. The first-order chi connectivity index (χ1) is 13.6. The van der Waals surface area contributed by atoms with Gasteiger partial charge in [0.05, 0.1) is 27.5 Å². The third-order valence-electron chi connectivity index (χ3n) is 4.07. The van der Waals surface area contributed by atoms with Gasteiger partial charge < -0.3 is 24.8 Å². The second-order valence-corrected chi connectivity index (χ2v) is 6.04. The predicted octanol–water partition coefficient (Wildman–Crippen LogP) is 3.56. The fraction of sp³-hybridized carbons (Fsp3) is 0.250. The van der Waals surface area contributed by atoms with E-state index in [0.29, 0.717) is 41.2 Å². The van der Waals surface area contributed by atoms with Gasteiger partial charge in [0.15, 0.2) is 17.3 Å². The monoisotopic (exact) mass is 381 g/mol. The Morgan fingerprint density at radius 3 is 2.21 bits per heavy atom. The Hall–Kier alpha value is -3.55. The number of ether oxygens (including phenoxy) is 3. The van der Waals surface area contributed by atoms with Crippen LogP contribution in [0.15, 0.2) is 42.6 Å². The number of anilines is 3. The maximum atomic E-state index is 5.36. The smallest absolute Gasteiger partial charge is 0.249 e. The Kier molecular flexibility index (Phi) is 6.11. The molecule has 146 valence electrons. The van der Waals surface area contributed by atoms with Crippen molar-refractivity contribution in [1.82, 2.24) is 15.2 Å². The molecule has 0 unspecified atom stereocenters. The average molecular weight is 381 g/mol. The quantitative estimate of drug-likeness (QED) is 0.612. The molecule has 28 heavy (non-hydrogen) atoms. The molecule has 0 aliphatic rings. The topological polar surface area (TPSA) is 90.4 Å². The van der Waals surface area contributed by atoms with E-state index < -0.39 is 0 Å². The van der Waals surface area contributed by atoms with E-state index in [1.807, 2.05) is 0 Å². The average Bonchev–Trinajstić information content (AvgIpc) is 2.73. The zero-order valence-corrected chi connectivity index (χ0v) is 16.3. The Balaban J connectivity index is 1.74. The Morgan fingerprint density at radius 2 is 1.61 bits per heavy atom. The van der Waals surface area contributed by atoms with Crippen LogP contribution in [0.2, 0.25) is 0 Å². The molecular formula is C20H23N5O3. The lowest BCUT2D eigenvalue weighted by atomic mass is 10.1. The lowest BCUT2D eigenvalue weighted by molar-refractivity contribution is 0.324. The minimum absolute atomic E-state index is 0.350. The maximum Gasteiger partial charge on any atom is 0.249 e. The molecule has 3 aromatic rings. The number of hydrogen-bond acceptors (Lipinski definition) is 8. The van der Waals surface area contributed by atoms with Crippen LogP contribution in [0.1, 0.15) is 11.1 Å². The third kappa shape index (κ3) is 4.59. The molecule has 0 atom stereocenters. The Labute approximate surface area is 163 Å². The molecule has 0 radical (unpaired) electrons. The van der Waals surface area contributed by atoms with Crippen LogP contribution in [0.25, 0.3) is 0 Å². The molecule has 0 fully saturated rings. The van der Waals surface area contributed by atoms with Crippen molar-refractivity contribution in [3.8, 4) is 17.2 Å². The number of methoxy groups -OCH3 is 3. The molecule has 2 aromatic carbocycles. The molecule has 0 aliphatic carbocycles. The van der Waals surface area contributed by atoms with Gasteiger partial charge in [-0.15, -0.1) is 5.10 Å². The summed E-state index contributed by atoms with van der Waals surface area (Å²) >= 11 is 0. The van der Waals surface area contributed by atoms with Crippen molar-refractivity contribution in [2.75, 3.05) is 32.0 Å². The van der Waals surface area contributed by atoms with Crippen molar-refractivity contribution in [2.45, 2.75) is 13.5 Å². The second-order valence-electron chi connectivity index (χ2n) is 6.04. The number of nitrogens with zero attached hydrogens (tertiary/aromatic N) is 3. The van der Waals surface area contributed by atoms with Gasteiger partial charge in [0.25, 0.3) is 0 Å². The summed E-state index contributed by atoms with van der Waals surface area (Å²) in [5.74, 6) is 2.55. The lowest BCUT2D eigenvalue weighted by Crippen LogP contribution is -2.06. The number of hydrogen-bond donors (Lipinski definition) is 2. The zero-order valence-electron chi connectivity index (χ0n) is 16.3. The molecule has 1 aromatic heterocycles. The van der Waals surface area contributed by atoms with Gasteiger partial charge in [0, 0.05) is 24.4 Å². The van der Waals surface area contributed by atoms with Crippen LogP contribution in [0, 0.1) is 6.92 Å². The first-order valence-electron chi connectivity index (χ1n) is 8.69. The van der Waals surface area contributed by atoms with Crippen LogP contribution < -0.4 is 24.8 Å². The summed E-state index contributed by atoms with van der Waals surface area (Å²) in [5.41, 5.74) is 3.07. The summed E-state index contributed by atoms with van der Waals surface area (Å²) in [4.78, 5) is 4.45. The predicted molar refractivity (Wildman–Crippen MR) is 108 cm³/mol. The molecule has 0 spiro atoms. The number of aromatic nitrogens is 3. The van der Waals surface area contributed by atoms with E-state index in [-0.39, 0.29) is 0 Å². The standard InChI is InChI=1S/C20H23N5O3/c1-13-5-7-14(8-6-13)11-21-18-12-22-25-20(24-18)23-15-9-16(26-2)19(28-4)17(10-15)27-3/h5-10,12H,11H2,1-4H3,(H2,21,23,24,25). The van der Waals surface area contributed by atoms with E-state index >= 15 is 0 Å². The molecule has 3 rings (SSSR count). The van der Waals surface area contributed by atoms with Crippen molar-refractivity contribution in [3.05, 3.63) is 53.7 Å². The largest absolute Gasteiger partial charge is 0.493 e. The second kappa shape index (κ2) is 8.90. The minimum atomic E-state index is 0.350. The van der Waals surface area contributed by atoms with Gasteiger partial charge in [-0.1, -0.05) is 29.8 Å². The number of nitrogens with one attached hydrogen (secondary N) is 2. The summed E-state index contributed by atoms with van der Waals surface area (Å²) in [6.45, 7) is 2.70. The molecule has 2 N–H and O–H groups in total. The Bertz CT molecular complexity index is 906. The maximum absolute atomic E-state index is 5.36. The molecule has 8 nitrogen and oxygen atoms in total. The minimum Gasteiger partial charge on any atom is -0.493 e. The fourth-order valence-electron chi connectivity index (χ4n) is 2.62. The highest BCUT2D eigenvalue weighted by Gasteiger charge is 2.14. The van der Waals surface area contributed by atoms with Crippen molar-refractivity contribution in [1.29, 1.82) is 0 Å². The van der Waals surface area contributed by atoms with Crippen LogP contribution in [0.4, 0.5) is 17.5 Å². The van der Waals surface area contributed by atoms with Gasteiger partial charge in [0.1, 0.15) is 0 Å². The van der Waals surface area contributed by atoms with E-state index in [0.717, 1.165) is 5.56 Å². The first kappa shape index (κ1) is 19.2. The van der Waals surface area contributed by atoms with Crippen molar-refractivity contribution >= 4 is 17.5 Å². The number of benzene rings is 2. The lowest BCUT2D eigenvalue weighted by Gasteiger charge is -2.14. The highest BCUT2D eigenvalue weighted by Crippen LogP contribution is 2.40. The van der Waals surface area contributed by atoms with Crippen LogP contribution in [-0.4, -0.2) is 36.5 Å². The normalized spacial score (nSPS) is 10.3. The molecule has 0 aliphatic heterocycles. The first-order valence-corrected chi connectivity index (χ1v) is 8.69. The summed E-state index contributed by atoms with van der Waals surface area (Å²) in [6.07, 6.45) is 1.58. The van der Waals surface area contributed by atoms with E-state index in [9.17, 15) is 0 Å². The molecule has 0 saturated heterocycles. The van der Waals surface area contributed by atoms with Crippen LogP contribution in [-0.2, 0) is 6.54 Å². The number of rotatable bonds is 8. The van der Waals surface area contributed by atoms with Gasteiger partial charge >= 0.3 is 0 Å². The van der Waals surface area contributed by atoms with Crippen LogP contribution in [0.3, 0.4) is 0 Å². The van der Waals surface area contributed by atoms with E-state index in [4.69, 9.17) is 14.2 Å². The highest BCUT2D eigenvalue weighted by molar-refractivity contribution is 5.65. The van der Waals surface area contributed by atoms with Gasteiger partial charge in [-0.2, -0.15) is 10.1 Å².